The number of anilines is 1. The number of amides is 1. The second kappa shape index (κ2) is 12.9. The smallest absolute Gasteiger partial charge is 0.243 e. The van der Waals surface area contributed by atoms with Gasteiger partial charge in [0.1, 0.15) is 5.75 Å². The summed E-state index contributed by atoms with van der Waals surface area (Å²) in [5, 5.41) is 2.72. The maximum Gasteiger partial charge on any atom is 0.243 e. The molecule has 4 rings (SSSR count). The molecule has 0 bridgehead atoms. The molecule has 3 aromatic carbocycles. The van der Waals surface area contributed by atoms with E-state index in [0.717, 1.165) is 30.0 Å². The summed E-state index contributed by atoms with van der Waals surface area (Å²) >= 11 is 0. The van der Waals surface area contributed by atoms with Crippen molar-refractivity contribution in [3.05, 3.63) is 84.4 Å². The Morgan fingerprint density at radius 2 is 1.50 bits per heavy atom. The fourth-order valence-electron chi connectivity index (χ4n) is 4.74. The van der Waals surface area contributed by atoms with E-state index in [-0.39, 0.29) is 28.3 Å². The van der Waals surface area contributed by atoms with Crippen molar-refractivity contribution < 1.29 is 26.4 Å². The highest BCUT2D eigenvalue weighted by Gasteiger charge is 2.29. The van der Waals surface area contributed by atoms with E-state index < -0.39 is 32.5 Å². The predicted octanol–water partition coefficient (Wildman–Crippen LogP) is 4.38. The number of carbonyl (C=O) groups is 1. The second-order valence-corrected chi connectivity index (χ2v) is 13.6. The molecular formula is C29H35N3O6S2. The number of para-hydroxylation sites is 1. The molecular weight excluding hydrogens is 550 g/mol. The third kappa shape index (κ3) is 7.48. The van der Waals surface area contributed by atoms with E-state index in [1.54, 1.807) is 48.5 Å². The molecule has 0 unspecified atom stereocenters. The minimum Gasteiger partial charge on any atom is -0.497 e. The lowest BCUT2D eigenvalue weighted by Crippen LogP contribution is -2.41. The lowest BCUT2D eigenvalue weighted by atomic mass is 9.87. The van der Waals surface area contributed by atoms with Gasteiger partial charge in [0.05, 0.1) is 23.4 Å². The summed E-state index contributed by atoms with van der Waals surface area (Å²) < 4.78 is 62.5. The van der Waals surface area contributed by atoms with Crippen molar-refractivity contribution in [3.63, 3.8) is 0 Å². The maximum atomic E-state index is 13.7. The van der Waals surface area contributed by atoms with Crippen LogP contribution in [0.4, 0.5) is 5.69 Å². The molecule has 1 fully saturated rings. The van der Waals surface area contributed by atoms with Gasteiger partial charge < -0.3 is 10.1 Å². The molecule has 214 valence electrons. The van der Waals surface area contributed by atoms with Gasteiger partial charge in [-0.15, -0.1) is 0 Å². The molecule has 2 atom stereocenters. The fourth-order valence-corrected chi connectivity index (χ4v) is 7.50. The molecule has 0 aromatic heterocycles. The highest BCUT2D eigenvalue weighted by molar-refractivity contribution is 7.89. The van der Waals surface area contributed by atoms with Gasteiger partial charge in [-0.25, -0.2) is 21.6 Å². The van der Waals surface area contributed by atoms with Crippen molar-refractivity contribution >= 4 is 31.6 Å². The maximum absolute atomic E-state index is 13.7. The average molecular weight is 586 g/mol. The molecule has 1 saturated carbocycles. The first-order valence-corrected chi connectivity index (χ1v) is 16.1. The zero-order valence-corrected chi connectivity index (χ0v) is 24.2. The number of benzene rings is 3. The van der Waals surface area contributed by atoms with Gasteiger partial charge in [0.15, 0.2) is 0 Å². The van der Waals surface area contributed by atoms with E-state index in [0.29, 0.717) is 17.0 Å². The SMILES string of the molecule is COc1ccc(CN(CC(=O)Nc2ccccc2)S(=O)(=O)c2ccc(S(=O)(=O)N[C@H]3CCCC[C@H]3C)cc2)cc1. The molecule has 0 heterocycles. The zero-order valence-electron chi connectivity index (χ0n) is 22.6. The van der Waals surface area contributed by atoms with Crippen LogP contribution in [0.5, 0.6) is 5.75 Å². The Kier molecular flexibility index (Phi) is 9.62. The van der Waals surface area contributed by atoms with Gasteiger partial charge >= 0.3 is 0 Å². The number of carbonyl (C=O) groups excluding carboxylic acids is 1. The van der Waals surface area contributed by atoms with Crippen LogP contribution >= 0.6 is 0 Å². The first kappa shape index (κ1) is 29.7. The summed E-state index contributed by atoms with van der Waals surface area (Å²) in [4.78, 5) is 12.7. The van der Waals surface area contributed by atoms with Crippen molar-refractivity contribution in [2.24, 2.45) is 5.92 Å². The van der Waals surface area contributed by atoms with Crippen LogP contribution in [0, 0.1) is 5.92 Å². The van der Waals surface area contributed by atoms with Crippen LogP contribution in [-0.2, 0) is 31.4 Å². The number of sulfonamides is 2. The molecule has 40 heavy (non-hydrogen) atoms. The Labute approximate surface area is 236 Å². The number of hydrogen-bond acceptors (Lipinski definition) is 6. The number of rotatable bonds is 11. The van der Waals surface area contributed by atoms with E-state index in [1.165, 1.54) is 31.4 Å². The monoisotopic (exact) mass is 585 g/mol. The van der Waals surface area contributed by atoms with Crippen LogP contribution in [0.25, 0.3) is 0 Å². The number of nitrogens with zero attached hydrogens (tertiary/aromatic N) is 1. The lowest BCUT2D eigenvalue weighted by Gasteiger charge is -2.29. The summed E-state index contributed by atoms with van der Waals surface area (Å²) in [6, 6.07) is 20.6. The highest BCUT2D eigenvalue weighted by Crippen LogP contribution is 2.26. The summed E-state index contributed by atoms with van der Waals surface area (Å²) in [6.45, 7) is 1.52. The fraction of sp³-hybridized carbons (Fsp3) is 0.345. The molecule has 0 saturated heterocycles. The van der Waals surface area contributed by atoms with E-state index in [9.17, 15) is 21.6 Å². The summed E-state index contributed by atoms with van der Waals surface area (Å²) in [7, 11) is -6.46. The van der Waals surface area contributed by atoms with Gasteiger partial charge in [-0.05, 0) is 72.9 Å². The number of ether oxygens (including phenoxy) is 1. The van der Waals surface area contributed by atoms with Crippen molar-refractivity contribution in [3.8, 4) is 5.75 Å². The van der Waals surface area contributed by atoms with Crippen molar-refractivity contribution in [1.82, 2.24) is 9.03 Å². The zero-order chi connectivity index (χ0) is 28.8. The molecule has 9 nitrogen and oxygen atoms in total. The van der Waals surface area contributed by atoms with E-state index in [1.807, 2.05) is 13.0 Å². The van der Waals surface area contributed by atoms with Gasteiger partial charge in [-0.2, -0.15) is 4.31 Å². The van der Waals surface area contributed by atoms with E-state index in [4.69, 9.17) is 4.74 Å². The van der Waals surface area contributed by atoms with Crippen molar-refractivity contribution in [2.45, 2.75) is 55.0 Å². The minimum atomic E-state index is -4.17. The Morgan fingerprint density at radius 1 is 0.875 bits per heavy atom. The number of hydrogen-bond donors (Lipinski definition) is 2. The molecule has 3 aromatic rings. The van der Waals surface area contributed by atoms with Crippen molar-refractivity contribution in [1.29, 1.82) is 0 Å². The van der Waals surface area contributed by atoms with Gasteiger partial charge in [-0.1, -0.05) is 50.1 Å². The van der Waals surface area contributed by atoms with Crippen LogP contribution in [0.15, 0.2) is 88.7 Å². The molecule has 1 amide bonds. The minimum absolute atomic E-state index is 0.00671. The van der Waals surface area contributed by atoms with Crippen LogP contribution in [0.3, 0.4) is 0 Å². The molecule has 11 heteroatoms. The number of methoxy groups -OCH3 is 1. The first-order valence-electron chi connectivity index (χ1n) is 13.2. The topological polar surface area (TPSA) is 122 Å². The largest absolute Gasteiger partial charge is 0.497 e. The standard InChI is InChI=1S/C29H35N3O6S2/c1-22-8-6-7-11-28(22)31-39(34,35)26-16-18-27(19-17-26)40(36,37)32(20-23-12-14-25(38-2)15-13-23)21-29(33)30-24-9-4-3-5-10-24/h3-5,9-10,12-19,22,28,31H,6-8,11,20-21H2,1-2H3,(H,30,33)/t22-,28+/m1/s1. The summed E-state index contributed by atoms with van der Waals surface area (Å²) in [6.07, 6.45) is 3.80. The normalized spacial score (nSPS) is 17.9. The third-order valence-electron chi connectivity index (χ3n) is 7.09. The quantitative estimate of drug-likeness (QED) is 0.344. The molecule has 2 N–H and O–H groups in total. The second-order valence-electron chi connectivity index (χ2n) is 10.00. The Morgan fingerprint density at radius 3 is 2.12 bits per heavy atom. The molecule has 0 radical (unpaired) electrons. The van der Waals surface area contributed by atoms with Crippen LogP contribution in [0.2, 0.25) is 0 Å². The van der Waals surface area contributed by atoms with Gasteiger partial charge in [0.2, 0.25) is 26.0 Å². The van der Waals surface area contributed by atoms with Crippen LogP contribution in [-0.4, -0.2) is 46.7 Å². The summed E-state index contributed by atoms with van der Waals surface area (Å²) in [5.74, 6) is 0.345. The Balaban J connectivity index is 1.56. The Hall–Kier alpha value is -3.25. The molecule has 1 aliphatic carbocycles. The summed E-state index contributed by atoms with van der Waals surface area (Å²) in [5.41, 5.74) is 1.20. The predicted molar refractivity (Wildman–Crippen MR) is 154 cm³/mol. The first-order chi connectivity index (χ1) is 19.1. The molecule has 0 spiro atoms. The third-order valence-corrected chi connectivity index (χ3v) is 10.4. The highest BCUT2D eigenvalue weighted by atomic mass is 32.2. The van der Waals surface area contributed by atoms with Gasteiger partial charge in [-0.3, -0.25) is 4.79 Å². The average Bonchev–Trinajstić information content (AvgIpc) is 2.95. The van der Waals surface area contributed by atoms with E-state index >= 15 is 0 Å². The van der Waals surface area contributed by atoms with Gasteiger partial charge in [0, 0.05) is 18.3 Å². The number of nitrogens with one attached hydrogen (secondary N) is 2. The lowest BCUT2D eigenvalue weighted by molar-refractivity contribution is -0.116. The van der Waals surface area contributed by atoms with Crippen LogP contribution in [0.1, 0.15) is 38.2 Å². The van der Waals surface area contributed by atoms with E-state index in [2.05, 4.69) is 10.0 Å². The molecule has 1 aliphatic rings. The van der Waals surface area contributed by atoms with Crippen molar-refractivity contribution in [2.75, 3.05) is 19.0 Å². The van der Waals surface area contributed by atoms with Crippen LogP contribution < -0.4 is 14.8 Å². The Bertz CT molecular complexity index is 1490. The molecule has 0 aliphatic heterocycles. The van der Waals surface area contributed by atoms with Gasteiger partial charge in [0.25, 0.3) is 0 Å².